The van der Waals surface area contributed by atoms with Crippen LogP contribution in [0.5, 0.6) is 0 Å². The van der Waals surface area contributed by atoms with E-state index in [2.05, 4.69) is 32.3 Å². The fourth-order valence-corrected chi connectivity index (χ4v) is 2.19. The van der Waals surface area contributed by atoms with Crippen LogP contribution in [-0.2, 0) is 0 Å². The van der Waals surface area contributed by atoms with Gasteiger partial charge in [-0.15, -0.1) is 5.10 Å². The van der Waals surface area contributed by atoms with E-state index in [1.54, 1.807) is 0 Å². The van der Waals surface area contributed by atoms with Crippen LogP contribution in [0.2, 0.25) is 0 Å². The number of anilines is 1. The third kappa shape index (κ3) is 2.72. The van der Waals surface area contributed by atoms with Gasteiger partial charge in [0, 0.05) is 19.1 Å². The average Bonchev–Trinajstić information content (AvgIpc) is 2.78. The van der Waals surface area contributed by atoms with Gasteiger partial charge in [-0.3, -0.25) is 0 Å². The van der Waals surface area contributed by atoms with Crippen LogP contribution in [-0.4, -0.2) is 40.9 Å². The smallest absolute Gasteiger partial charge is 0.245 e. The molecule has 1 aliphatic heterocycles. The van der Waals surface area contributed by atoms with Crippen molar-refractivity contribution >= 4 is 5.95 Å². The molecule has 1 aliphatic rings. The van der Waals surface area contributed by atoms with Gasteiger partial charge in [0.1, 0.15) is 0 Å². The summed E-state index contributed by atoms with van der Waals surface area (Å²) in [4.78, 5) is 6.82. The molecule has 0 aromatic carbocycles. The highest BCUT2D eigenvalue weighted by Gasteiger charge is 2.26. The Morgan fingerprint density at radius 2 is 2.12 bits per heavy atom. The summed E-state index contributed by atoms with van der Waals surface area (Å²) >= 11 is 0. The summed E-state index contributed by atoms with van der Waals surface area (Å²) in [6, 6.07) is 0.513. The summed E-state index contributed by atoms with van der Waals surface area (Å²) in [5, 5.41) is 11.8. The van der Waals surface area contributed by atoms with E-state index >= 15 is 0 Å². The van der Waals surface area contributed by atoms with E-state index in [9.17, 15) is 0 Å². The largest absolute Gasteiger partial charge is 0.335 e. The second kappa shape index (κ2) is 5.40. The molecule has 1 aromatic rings. The molecule has 1 saturated heterocycles. The maximum Gasteiger partial charge on any atom is 0.245 e. The molecular formula is C12H21N5. The van der Waals surface area contributed by atoms with E-state index in [4.69, 9.17) is 0 Å². The molecule has 0 radical (unpaired) electrons. The van der Waals surface area contributed by atoms with E-state index in [-0.39, 0.29) is 0 Å². The molecule has 1 aromatic heterocycles. The Balaban J connectivity index is 2.11. The molecule has 1 unspecified atom stereocenters. The van der Waals surface area contributed by atoms with Crippen molar-refractivity contribution in [2.45, 2.75) is 39.7 Å². The minimum atomic E-state index is 0.513. The second-order valence-electron chi connectivity index (χ2n) is 4.58. The molecule has 1 fully saturated rings. The normalized spacial score (nSPS) is 19.9. The van der Waals surface area contributed by atoms with Crippen molar-refractivity contribution in [1.82, 2.24) is 20.5 Å². The van der Waals surface area contributed by atoms with Crippen LogP contribution < -0.4 is 10.2 Å². The maximum atomic E-state index is 4.54. The van der Waals surface area contributed by atoms with Crippen LogP contribution in [0.15, 0.2) is 0 Å². The SMILES string of the molecule is CCNCC1CCCN1c1nnc(C)c(C)n1. The Hall–Kier alpha value is -1.23. The summed E-state index contributed by atoms with van der Waals surface area (Å²) in [6.45, 7) is 9.12. The number of hydrogen-bond acceptors (Lipinski definition) is 5. The molecular weight excluding hydrogens is 214 g/mol. The van der Waals surface area contributed by atoms with Gasteiger partial charge in [0.05, 0.1) is 11.4 Å². The quantitative estimate of drug-likeness (QED) is 0.846. The standard InChI is InChI=1S/C12H21N5/c1-4-13-8-11-6-5-7-17(11)12-14-9(2)10(3)15-16-12/h11,13H,4-8H2,1-3H3. The zero-order valence-electron chi connectivity index (χ0n) is 10.9. The van der Waals surface area contributed by atoms with Gasteiger partial charge in [-0.2, -0.15) is 5.10 Å². The molecule has 1 N–H and O–H groups in total. The lowest BCUT2D eigenvalue weighted by Gasteiger charge is -2.24. The van der Waals surface area contributed by atoms with Crippen LogP contribution in [0.3, 0.4) is 0 Å². The molecule has 2 heterocycles. The number of hydrogen-bond donors (Lipinski definition) is 1. The lowest BCUT2D eigenvalue weighted by atomic mass is 10.2. The van der Waals surface area contributed by atoms with Crippen molar-refractivity contribution < 1.29 is 0 Å². The van der Waals surface area contributed by atoms with E-state index in [1.807, 2.05) is 13.8 Å². The Kier molecular flexibility index (Phi) is 3.89. The third-order valence-electron chi connectivity index (χ3n) is 3.34. The van der Waals surface area contributed by atoms with Gasteiger partial charge in [-0.25, -0.2) is 4.98 Å². The van der Waals surface area contributed by atoms with Gasteiger partial charge < -0.3 is 10.2 Å². The molecule has 5 nitrogen and oxygen atoms in total. The first-order valence-electron chi connectivity index (χ1n) is 6.37. The molecule has 0 amide bonds. The molecule has 0 spiro atoms. The van der Waals surface area contributed by atoms with Crippen molar-refractivity contribution in [3.8, 4) is 0 Å². The molecule has 5 heteroatoms. The summed E-state index contributed by atoms with van der Waals surface area (Å²) < 4.78 is 0. The summed E-state index contributed by atoms with van der Waals surface area (Å²) in [5.74, 6) is 0.786. The summed E-state index contributed by atoms with van der Waals surface area (Å²) in [7, 11) is 0. The van der Waals surface area contributed by atoms with E-state index in [1.165, 1.54) is 12.8 Å². The van der Waals surface area contributed by atoms with Gasteiger partial charge in [-0.05, 0) is 33.2 Å². The first-order chi connectivity index (χ1) is 8.22. The number of aryl methyl sites for hydroxylation is 2. The summed E-state index contributed by atoms with van der Waals surface area (Å²) in [5.41, 5.74) is 1.89. The highest BCUT2D eigenvalue weighted by molar-refractivity contribution is 5.33. The number of likely N-dealkylation sites (N-methyl/N-ethyl adjacent to an activating group) is 1. The van der Waals surface area contributed by atoms with E-state index in [0.29, 0.717) is 6.04 Å². The van der Waals surface area contributed by atoms with Gasteiger partial charge in [0.25, 0.3) is 0 Å². The van der Waals surface area contributed by atoms with Crippen LogP contribution in [0.4, 0.5) is 5.95 Å². The molecule has 94 valence electrons. The molecule has 2 rings (SSSR count). The highest BCUT2D eigenvalue weighted by Crippen LogP contribution is 2.21. The Morgan fingerprint density at radius 1 is 1.29 bits per heavy atom. The number of rotatable bonds is 4. The van der Waals surface area contributed by atoms with Crippen LogP contribution in [0, 0.1) is 13.8 Å². The predicted octanol–water partition coefficient (Wildman–Crippen LogP) is 1.07. The molecule has 1 atom stereocenters. The van der Waals surface area contributed by atoms with Gasteiger partial charge in [0.2, 0.25) is 5.95 Å². The van der Waals surface area contributed by atoms with Gasteiger partial charge in [-0.1, -0.05) is 6.92 Å². The Labute approximate surface area is 103 Å². The monoisotopic (exact) mass is 235 g/mol. The molecule has 0 saturated carbocycles. The molecule has 17 heavy (non-hydrogen) atoms. The van der Waals surface area contributed by atoms with Crippen molar-refractivity contribution in [1.29, 1.82) is 0 Å². The van der Waals surface area contributed by atoms with Crippen molar-refractivity contribution in [3.63, 3.8) is 0 Å². The Morgan fingerprint density at radius 3 is 2.82 bits per heavy atom. The van der Waals surface area contributed by atoms with E-state index < -0.39 is 0 Å². The van der Waals surface area contributed by atoms with Crippen molar-refractivity contribution in [2.24, 2.45) is 0 Å². The first-order valence-corrected chi connectivity index (χ1v) is 6.37. The number of nitrogens with zero attached hydrogens (tertiary/aromatic N) is 4. The van der Waals surface area contributed by atoms with Crippen LogP contribution in [0.1, 0.15) is 31.2 Å². The number of nitrogens with one attached hydrogen (secondary N) is 1. The Bertz CT molecular complexity index is 379. The van der Waals surface area contributed by atoms with Crippen molar-refractivity contribution in [2.75, 3.05) is 24.5 Å². The third-order valence-corrected chi connectivity index (χ3v) is 3.34. The highest BCUT2D eigenvalue weighted by atomic mass is 15.3. The van der Waals surface area contributed by atoms with Gasteiger partial charge in [0.15, 0.2) is 0 Å². The maximum absolute atomic E-state index is 4.54. The van der Waals surface area contributed by atoms with Crippen LogP contribution >= 0.6 is 0 Å². The molecule has 0 aliphatic carbocycles. The van der Waals surface area contributed by atoms with E-state index in [0.717, 1.165) is 37.0 Å². The second-order valence-corrected chi connectivity index (χ2v) is 4.58. The minimum Gasteiger partial charge on any atom is -0.335 e. The van der Waals surface area contributed by atoms with Crippen molar-refractivity contribution in [3.05, 3.63) is 11.4 Å². The fraction of sp³-hybridized carbons (Fsp3) is 0.750. The number of aromatic nitrogens is 3. The lowest BCUT2D eigenvalue weighted by molar-refractivity contribution is 0.578. The van der Waals surface area contributed by atoms with Gasteiger partial charge >= 0.3 is 0 Å². The topological polar surface area (TPSA) is 53.9 Å². The zero-order valence-corrected chi connectivity index (χ0v) is 10.9. The lowest BCUT2D eigenvalue weighted by Crippen LogP contribution is -2.39. The average molecular weight is 235 g/mol. The van der Waals surface area contributed by atoms with Crippen LogP contribution in [0.25, 0.3) is 0 Å². The predicted molar refractivity (Wildman–Crippen MR) is 68.2 cm³/mol. The minimum absolute atomic E-state index is 0.513. The fourth-order valence-electron chi connectivity index (χ4n) is 2.19. The first kappa shape index (κ1) is 12.2. The zero-order chi connectivity index (χ0) is 12.3. The molecule has 0 bridgehead atoms. The summed E-state index contributed by atoms with van der Waals surface area (Å²) in [6.07, 6.45) is 2.43.